The Bertz CT molecular complexity index is 175. The Hall–Kier alpha value is -0.730. The van der Waals surface area contributed by atoms with Crippen molar-refractivity contribution in [1.82, 2.24) is 5.32 Å². The second-order valence-electron chi connectivity index (χ2n) is 4.06. The van der Waals surface area contributed by atoms with Gasteiger partial charge in [0.05, 0.1) is 0 Å². The molecule has 0 unspecified atom stereocenters. The van der Waals surface area contributed by atoms with Gasteiger partial charge in [-0.25, -0.2) is 4.79 Å². The highest BCUT2D eigenvalue weighted by Gasteiger charge is 2.15. The molecule has 0 fully saturated rings. The van der Waals surface area contributed by atoms with E-state index >= 15 is 0 Å². The van der Waals surface area contributed by atoms with Gasteiger partial charge in [0.2, 0.25) is 0 Å². The number of amides is 1. The Morgan fingerprint density at radius 2 is 2.08 bits per heavy atom. The van der Waals surface area contributed by atoms with Crippen LogP contribution in [0.3, 0.4) is 0 Å². The van der Waals surface area contributed by atoms with Crippen LogP contribution in [0.25, 0.3) is 0 Å². The van der Waals surface area contributed by atoms with E-state index < -0.39 is 18.2 Å². The summed E-state index contributed by atoms with van der Waals surface area (Å²) in [6.07, 6.45) is -0.527. The zero-order valence-electron chi connectivity index (χ0n) is 9.47. The third kappa shape index (κ3) is 7.38. The summed E-state index contributed by atoms with van der Waals surface area (Å²) in [6, 6.07) is 0. The van der Waals surface area contributed by atoms with Crippen molar-refractivity contribution >= 4 is 6.09 Å². The highest BCUT2D eigenvalue weighted by Crippen LogP contribution is 2.06. The predicted molar refractivity (Wildman–Crippen MR) is 49.1 cm³/mol. The van der Waals surface area contributed by atoms with Gasteiger partial charge in [0.25, 0.3) is 0 Å². The molecule has 0 heterocycles. The highest BCUT2D eigenvalue weighted by molar-refractivity contribution is 5.67. The van der Waals surface area contributed by atoms with Gasteiger partial charge in [-0.3, -0.25) is 0 Å². The predicted octanol–water partition coefficient (Wildman–Crippen LogP) is 2.17. The fraction of sp³-hybridized carbons (Fsp3) is 0.889. The van der Waals surface area contributed by atoms with Gasteiger partial charge < -0.3 is 10.1 Å². The lowest BCUT2D eigenvalue weighted by molar-refractivity contribution is 0.0521. The summed E-state index contributed by atoms with van der Waals surface area (Å²) in [7, 11) is 0. The molecule has 0 aliphatic carbocycles. The second-order valence-corrected chi connectivity index (χ2v) is 4.06. The molecule has 0 spiro atoms. The van der Waals surface area contributed by atoms with Crippen LogP contribution in [-0.4, -0.2) is 18.2 Å². The largest absolute Gasteiger partial charge is 0.444 e. The van der Waals surface area contributed by atoms with E-state index in [1.807, 2.05) is 13.8 Å². The van der Waals surface area contributed by atoms with Crippen molar-refractivity contribution in [1.29, 1.82) is 0 Å². The molecular weight excluding hydrogens is 154 g/mol. The summed E-state index contributed by atoms with van der Waals surface area (Å²) in [5.41, 5.74) is -0.499. The SMILES string of the molecule is [2H][C@@H](NC(=O)OC(C)(C)C)C(C)C. The van der Waals surface area contributed by atoms with E-state index in [2.05, 4.69) is 5.32 Å². The Labute approximate surface area is 75.9 Å². The summed E-state index contributed by atoms with van der Waals surface area (Å²) in [5.74, 6) is 0.0903. The summed E-state index contributed by atoms with van der Waals surface area (Å²) in [6.45, 7) is 8.52. The molecule has 0 aliphatic rings. The first-order valence-electron chi connectivity index (χ1n) is 4.72. The van der Waals surface area contributed by atoms with Crippen molar-refractivity contribution in [2.24, 2.45) is 5.92 Å². The first-order valence-corrected chi connectivity index (χ1v) is 4.14. The lowest BCUT2D eigenvalue weighted by atomic mass is 10.2. The van der Waals surface area contributed by atoms with Gasteiger partial charge in [-0.15, -0.1) is 0 Å². The summed E-state index contributed by atoms with van der Waals surface area (Å²) < 4.78 is 12.4. The lowest BCUT2D eigenvalue weighted by Crippen LogP contribution is -2.34. The van der Waals surface area contributed by atoms with Gasteiger partial charge in [-0.05, 0) is 26.7 Å². The van der Waals surface area contributed by atoms with Crippen LogP contribution in [0.15, 0.2) is 0 Å². The maximum atomic E-state index is 11.1. The lowest BCUT2D eigenvalue weighted by Gasteiger charge is -2.20. The summed E-state index contributed by atoms with van der Waals surface area (Å²) in [5, 5.41) is 2.44. The van der Waals surface area contributed by atoms with Crippen LogP contribution in [0, 0.1) is 5.92 Å². The van der Waals surface area contributed by atoms with Gasteiger partial charge in [-0.1, -0.05) is 13.8 Å². The number of alkyl carbamates (subject to hydrolysis) is 1. The molecule has 1 atom stereocenters. The third-order valence-corrected chi connectivity index (χ3v) is 0.933. The van der Waals surface area contributed by atoms with Crippen LogP contribution < -0.4 is 5.32 Å². The monoisotopic (exact) mass is 174 g/mol. The summed E-state index contributed by atoms with van der Waals surface area (Å²) in [4.78, 5) is 11.1. The van der Waals surface area contributed by atoms with Crippen molar-refractivity contribution < 1.29 is 10.9 Å². The van der Waals surface area contributed by atoms with Crippen molar-refractivity contribution in [2.75, 3.05) is 6.52 Å². The molecule has 0 aromatic carbocycles. The second kappa shape index (κ2) is 4.33. The van der Waals surface area contributed by atoms with Crippen LogP contribution in [0.4, 0.5) is 4.79 Å². The third-order valence-electron chi connectivity index (χ3n) is 0.933. The van der Waals surface area contributed by atoms with Crippen LogP contribution in [0.5, 0.6) is 0 Å². The number of rotatable bonds is 2. The topological polar surface area (TPSA) is 38.3 Å². The molecule has 0 aliphatic heterocycles. The average molecular weight is 174 g/mol. The molecule has 3 nitrogen and oxygen atoms in total. The maximum absolute atomic E-state index is 11.1. The van der Waals surface area contributed by atoms with Gasteiger partial charge in [0.15, 0.2) is 0 Å². The molecule has 0 aromatic rings. The van der Waals surface area contributed by atoms with Crippen LogP contribution >= 0.6 is 0 Å². The van der Waals surface area contributed by atoms with E-state index in [1.165, 1.54) is 0 Å². The Morgan fingerprint density at radius 1 is 1.58 bits per heavy atom. The quantitative estimate of drug-likeness (QED) is 0.696. The number of nitrogens with one attached hydrogen (secondary N) is 1. The molecule has 3 heteroatoms. The molecular formula is C9H19NO2. The van der Waals surface area contributed by atoms with Gasteiger partial charge in [0, 0.05) is 7.89 Å². The highest BCUT2D eigenvalue weighted by atomic mass is 16.6. The molecule has 0 radical (unpaired) electrons. The van der Waals surface area contributed by atoms with Crippen molar-refractivity contribution in [2.45, 2.75) is 40.2 Å². The van der Waals surface area contributed by atoms with Crippen LogP contribution in [0.1, 0.15) is 36.0 Å². The van der Waals surface area contributed by atoms with E-state index in [4.69, 9.17) is 6.11 Å². The number of hydrogen-bond donors (Lipinski definition) is 1. The molecule has 72 valence electrons. The fourth-order valence-corrected chi connectivity index (χ4v) is 0.542. The fourth-order valence-electron chi connectivity index (χ4n) is 0.542. The number of hydrogen-bond acceptors (Lipinski definition) is 2. The minimum Gasteiger partial charge on any atom is -0.444 e. The van der Waals surface area contributed by atoms with Crippen LogP contribution in [0.2, 0.25) is 0 Å². The van der Waals surface area contributed by atoms with Crippen molar-refractivity contribution in [3.05, 3.63) is 0 Å². The van der Waals surface area contributed by atoms with Crippen LogP contribution in [-0.2, 0) is 4.74 Å². The molecule has 0 saturated heterocycles. The molecule has 0 saturated carbocycles. The van der Waals surface area contributed by atoms with Gasteiger partial charge in [0.1, 0.15) is 5.60 Å². The van der Waals surface area contributed by atoms with Gasteiger partial charge in [-0.2, -0.15) is 0 Å². The number of ether oxygens (including phenoxy) is 1. The first-order chi connectivity index (χ1) is 5.72. The average Bonchev–Trinajstić information content (AvgIpc) is 1.81. The summed E-state index contributed by atoms with van der Waals surface area (Å²) >= 11 is 0. The zero-order chi connectivity index (χ0) is 10.6. The van der Waals surface area contributed by atoms with Crippen molar-refractivity contribution in [3.63, 3.8) is 0 Å². The molecule has 1 N–H and O–H groups in total. The van der Waals surface area contributed by atoms with E-state index in [1.54, 1.807) is 20.8 Å². The smallest absolute Gasteiger partial charge is 0.407 e. The minimum absolute atomic E-state index is 0.0903. The molecule has 12 heavy (non-hydrogen) atoms. The normalized spacial score (nSPS) is 15.3. The Kier molecular flexibility index (Phi) is 3.38. The first kappa shape index (κ1) is 9.36. The minimum atomic E-state index is -0.602. The van der Waals surface area contributed by atoms with E-state index in [-0.39, 0.29) is 5.92 Å². The molecule has 1 amide bonds. The molecule has 0 aromatic heterocycles. The van der Waals surface area contributed by atoms with Gasteiger partial charge >= 0.3 is 6.09 Å². The Morgan fingerprint density at radius 3 is 2.42 bits per heavy atom. The Balaban J connectivity index is 3.89. The number of carbonyl (C=O) groups excluding carboxylic acids is 1. The standard InChI is InChI=1S/C9H19NO2/c1-7(2)6-10-8(11)12-9(3,4)5/h7H,6H2,1-5H3,(H,10,11)/i6D/t6-/m1/s1. The zero-order valence-corrected chi connectivity index (χ0v) is 8.47. The van der Waals surface area contributed by atoms with E-state index in [9.17, 15) is 4.79 Å². The maximum Gasteiger partial charge on any atom is 0.407 e. The van der Waals surface area contributed by atoms with E-state index in [0.717, 1.165) is 0 Å². The van der Waals surface area contributed by atoms with Crippen molar-refractivity contribution in [3.8, 4) is 0 Å². The molecule has 0 bridgehead atoms. The molecule has 0 rings (SSSR count). The van der Waals surface area contributed by atoms with E-state index in [0.29, 0.717) is 0 Å². The number of carbonyl (C=O) groups is 1.